The van der Waals surface area contributed by atoms with E-state index in [2.05, 4.69) is 0 Å². The van der Waals surface area contributed by atoms with Crippen molar-refractivity contribution in [3.05, 3.63) is 59.7 Å². The SMILES string of the molecule is COc1ccc(C2C(C(=O)c3ccccc3)C(=O)C(=O)N2CC#N)cc1OC. The first-order valence-electron chi connectivity index (χ1n) is 8.56. The van der Waals surface area contributed by atoms with Crippen molar-refractivity contribution >= 4 is 17.5 Å². The van der Waals surface area contributed by atoms with E-state index in [1.165, 1.54) is 14.2 Å². The fourth-order valence-electron chi connectivity index (χ4n) is 3.42. The van der Waals surface area contributed by atoms with Gasteiger partial charge in [-0.3, -0.25) is 14.4 Å². The third kappa shape index (κ3) is 3.21. The minimum atomic E-state index is -1.23. The Kier molecular flexibility index (Phi) is 5.41. The molecule has 2 aromatic rings. The quantitative estimate of drug-likeness (QED) is 0.331. The fraction of sp³-hybridized carbons (Fsp3) is 0.238. The number of ether oxygens (including phenoxy) is 2. The summed E-state index contributed by atoms with van der Waals surface area (Å²) in [6, 6.07) is 14.2. The molecule has 3 rings (SSSR count). The second-order valence-corrected chi connectivity index (χ2v) is 6.22. The molecule has 2 atom stereocenters. The predicted molar refractivity (Wildman–Crippen MR) is 98.9 cm³/mol. The Morgan fingerprint density at radius 3 is 2.36 bits per heavy atom. The summed E-state index contributed by atoms with van der Waals surface area (Å²) in [6.07, 6.45) is 0. The van der Waals surface area contributed by atoms with Crippen LogP contribution in [0.15, 0.2) is 48.5 Å². The van der Waals surface area contributed by atoms with Crippen LogP contribution in [-0.4, -0.2) is 43.1 Å². The number of methoxy groups -OCH3 is 2. The van der Waals surface area contributed by atoms with Crippen molar-refractivity contribution in [3.63, 3.8) is 0 Å². The second-order valence-electron chi connectivity index (χ2n) is 6.22. The summed E-state index contributed by atoms with van der Waals surface area (Å²) in [4.78, 5) is 39.4. The number of likely N-dealkylation sites (tertiary alicyclic amines) is 1. The van der Waals surface area contributed by atoms with Crippen LogP contribution in [0.25, 0.3) is 0 Å². The molecule has 0 radical (unpaired) electrons. The van der Waals surface area contributed by atoms with Gasteiger partial charge < -0.3 is 14.4 Å². The number of carbonyl (C=O) groups is 3. The molecule has 2 aromatic carbocycles. The summed E-state index contributed by atoms with van der Waals surface area (Å²) in [5.41, 5.74) is 0.847. The number of rotatable bonds is 6. The van der Waals surface area contributed by atoms with E-state index >= 15 is 0 Å². The van der Waals surface area contributed by atoms with E-state index in [4.69, 9.17) is 14.7 Å². The topological polar surface area (TPSA) is 96.7 Å². The zero-order valence-electron chi connectivity index (χ0n) is 15.4. The zero-order valence-corrected chi connectivity index (χ0v) is 15.4. The highest BCUT2D eigenvalue weighted by Gasteiger charge is 2.51. The Hall–Kier alpha value is -3.66. The van der Waals surface area contributed by atoms with Crippen LogP contribution in [0.1, 0.15) is 22.0 Å². The number of ketones is 2. The molecule has 0 saturated carbocycles. The van der Waals surface area contributed by atoms with Gasteiger partial charge in [0.1, 0.15) is 12.5 Å². The lowest BCUT2D eigenvalue weighted by atomic mass is 9.86. The number of Topliss-reactive ketones (excluding diaryl/α,β-unsaturated/α-hetero) is 2. The maximum absolute atomic E-state index is 13.1. The third-order valence-corrected chi connectivity index (χ3v) is 4.74. The summed E-state index contributed by atoms with van der Waals surface area (Å²) in [7, 11) is 2.95. The second kappa shape index (κ2) is 7.92. The molecule has 1 heterocycles. The molecule has 1 saturated heterocycles. The maximum Gasteiger partial charge on any atom is 0.292 e. The fourth-order valence-corrected chi connectivity index (χ4v) is 3.42. The van der Waals surface area contributed by atoms with Crippen LogP contribution in [0.2, 0.25) is 0 Å². The van der Waals surface area contributed by atoms with Crippen molar-refractivity contribution in [3.8, 4) is 17.6 Å². The summed E-state index contributed by atoms with van der Waals surface area (Å²) in [6.45, 7) is -0.303. The van der Waals surface area contributed by atoms with Gasteiger partial charge in [-0.2, -0.15) is 5.26 Å². The lowest BCUT2D eigenvalue weighted by Crippen LogP contribution is -2.31. The van der Waals surface area contributed by atoms with Crippen LogP contribution in [-0.2, 0) is 9.59 Å². The lowest BCUT2D eigenvalue weighted by Gasteiger charge is -2.25. The van der Waals surface area contributed by atoms with Gasteiger partial charge in [-0.15, -0.1) is 0 Å². The van der Waals surface area contributed by atoms with Crippen molar-refractivity contribution in [1.29, 1.82) is 5.26 Å². The van der Waals surface area contributed by atoms with E-state index in [0.29, 0.717) is 22.6 Å². The van der Waals surface area contributed by atoms with Gasteiger partial charge in [0.15, 0.2) is 17.3 Å². The number of hydrogen-bond donors (Lipinski definition) is 0. The molecule has 1 aliphatic rings. The Balaban J connectivity index is 2.12. The molecule has 0 bridgehead atoms. The molecule has 1 amide bonds. The zero-order chi connectivity index (χ0) is 20.3. The highest BCUT2D eigenvalue weighted by atomic mass is 16.5. The van der Waals surface area contributed by atoms with Crippen LogP contribution < -0.4 is 9.47 Å². The number of hydrogen-bond acceptors (Lipinski definition) is 6. The highest BCUT2D eigenvalue weighted by Crippen LogP contribution is 2.40. The number of nitrogens with zero attached hydrogens (tertiary/aromatic N) is 2. The first kappa shape index (κ1) is 19.1. The summed E-state index contributed by atoms with van der Waals surface area (Å²) < 4.78 is 10.5. The Morgan fingerprint density at radius 1 is 1.07 bits per heavy atom. The summed E-state index contributed by atoms with van der Waals surface area (Å²) >= 11 is 0. The molecule has 7 nitrogen and oxygen atoms in total. The normalized spacial score (nSPS) is 18.7. The van der Waals surface area contributed by atoms with Crippen molar-refractivity contribution in [2.45, 2.75) is 6.04 Å². The first-order chi connectivity index (χ1) is 13.5. The first-order valence-corrected chi connectivity index (χ1v) is 8.56. The number of carbonyl (C=O) groups excluding carboxylic acids is 3. The van der Waals surface area contributed by atoms with E-state index < -0.39 is 29.4 Å². The van der Waals surface area contributed by atoms with Gasteiger partial charge in [0.2, 0.25) is 5.78 Å². The van der Waals surface area contributed by atoms with E-state index in [0.717, 1.165) is 4.90 Å². The standard InChI is InChI=1S/C21H18N2O5/c1-27-15-9-8-14(12-16(15)28-2)18-17(19(24)13-6-4-3-5-7-13)20(25)21(26)23(18)11-10-22/h3-9,12,17-18H,11H2,1-2H3. The van der Waals surface area contributed by atoms with Gasteiger partial charge >= 0.3 is 0 Å². The van der Waals surface area contributed by atoms with Gasteiger partial charge in [-0.1, -0.05) is 36.4 Å². The van der Waals surface area contributed by atoms with Crippen LogP contribution in [0.4, 0.5) is 0 Å². The smallest absolute Gasteiger partial charge is 0.292 e. The van der Waals surface area contributed by atoms with Crippen molar-refractivity contribution in [2.75, 3.05) is 20.8 Å². The molecule has 0 aromatic heterocycles. The van der Waals surface area contributed by atoms with Crippen LogP contribution >= 0.6 is 0 Å². The minimum absolute atomic E-state index is 0.303. The van der Waals surface area contributed by atoms with E-state index in [1.54, 1.807) is 48.5 Å². The van der Waals surface area contributed by atoms with Gasteiger partial charge in [-0.05, 0) is 17.7 Å². The molecule has 1 fully saturated rings. The van der Waals surface area contributed by atoms with Crippen molar-refractivity contribution in [2.24, 2.45) is 5.92 Å². The third-order valence-electron chi connectivity index (χ3n) is 4.74. The van der Waals surface area contributed by atoms with E-state index in [1.807, 2.05) is 6.07 Å². The minimum Gasteiger partial charge on any atom is -0.493 e. The van der Waals surface area contributed by atoms with Gasteiger partial charge in [0.25, 0.3) is 5.91 Å². The Bertz CT molecular complexity index is 965. The van der Waals surface area contributed by atoms with Crippen LogP contribution in [0, 0.1) is 17.2 Å². The highest BCUT2D eigenvalue weighted by molar-refractivity contribution is 6.44. The monoisotopic (exact) mass is 378 g/mol. The molecule has 1 aliphatic heterocycles. The largest absolute Gasteiger partial charge is 0.493 e. The number of benzene rings is 2. The average Bonchev–Trinajstić information content (AvgIpc) is 2.98. The summed E-state index contributed by atoms with van der Waals surface area (Å²) in [5, 5.41) is 9.14. The van der Waals surface area contributed by atoms with E-state index in [-0.39, 0.29) is 6.54 Å². The predicted octanol–water partition coefficient (Wildman–Crippen LogP) is 2.18. The summed E-state index contributed by atoms with van der Waals surface area (Å²) in [5.74, 6) is -2.48. The average molecular weight is 378 g/mol. The van der Waals surface area contributed by atoms with Crippen LogP contribution in [0.3, 0.4) is 0 Å². The van der Waals surface area contributed by atoms with Gasteiger partial charge in [0, 0.05) is 5.56 Å². The Labute approximate surface area is 162 Å². The van der Waals surface area contributed by atoms with E-state index in [9.17, 15) is 14.4 Å². The number of nitriles is 1. The molecule has 0 N–H and O–H groups in total. The molecule has 2 unspecified atom stereocenters. The molecule has 142 valence electrons. The van der Waals surface area contributed by atoms with Crippen molar-refractivity contribution in [1.82, 2.24) is 4.90 Å². The van der Waals surface area contributed by atoms with Gasteiger partial charge in [0.05, 0.1) is 26.3 Å². The Morgan fingerprint density at radius 2 is 1.75 bits per heavy atom. The van der Waals surface area contributed by atoms with Gasteiger partial charge in [-0.25, -0.2) is 0 Å². The molecular formula is C21H18N2O5. The van der Waals surface area contributed by atoms with Crippen LogP contribution in [0.5, 0.6) is 11.5 Å². The van der Waals surface area contributed by atoms with Crippen molar-refractivity contribution < 1.29 is 23.9 Å². The number of amides is 1. The molecule has 0 spiro atoms. The lowest BCUT2D eigenvalue weighted by molar-refractivity contribution is -0.140. The molecule has 0 aliphatic carbocycles. The molecule has 7 heteroatoms. The molecule has 28 heavy (non-hydrogen) atoms. The molecular weight excluding hydrogens is 360 g/mol. The maximum atomic E-state index is 13.1.